The highest BCUT2D eigenvalue weighted by Crippen LogP contribution is 2.15. The van der Waals surface area contributed by atoms with Crippen molar-refractivity contribution in [1.29, 1.82) is 0 Å². The lowest BCUT2D eigenvalue weighted by atomic mass is 10.2. The number of hydrogen-bond acceptors (Lipinski definition) is 4. The van der Waals surface area contributed by atoms with Crippen LogP contribution in [0.25, 0.3) is 0 Å². The lowest BCUT2D eigenvalue weighted by molar-refractivity contribution is 0.394. The maximum absolute atomic E-state index is 12.3. The van der Waals surface area contributed by atoms with E-state index >= 15 is 0 Å². The molecule has 20 heavy (non-hydrogen) atoms. The van der Waals surface area contributed by atoms with Crippen molar-refractivity contribution in [2.75, 3.05) is 34.2 Å². The van der Waals surface area contributed by atoms with Crippen LogP contribution < -0.4 is 10.0 Å². The summed E-state index contributed by atoms with van der Waals surface area (Å²) >= 11 is 0. The zero-order valence-electron chi connectivity index (χ0n) is 12.5. The Morgan fingerprint density at radius 2 is 1.85 bits per heavy atom. The number of nitrogens with zero attached hydrogens (tertiary/aromatic N) is 1. The van der Waals surface area contributed by atoms with Gasteiger partial charge in [0.25, 0.3) is 0 Å². The lowest BCUT2D eigenvalue weighted by Gasteiger charge is -2.12. The van der Waals surface area contributed by atoms with Crippen LogP contribution in [0.15, 0.2) is 29.2 Å². The van der Waals surface area contributed by atoms with Crippen LogP contribution in [0.4, 0.5) is 0 Å². The minimum atomic E-state index is -3.42. The summed E-state index contributed by atoms with van der Waals surface area (Å²) in [5.41, 5.74) is 0.788. The molecule has 0 aliphatic heterocycles. The molecule has 0 fully saturated rings. The molecule has 0 bridgehead atoms. The topological polar surface area (TPSA) is 61.4 Å². The first-order valence-corrected chi connectivity index (χ1v) is 8.32. The molecule has 0 radical (unpaired) electrons. The molecular weight excluding hydrogens is 274 g/mol. The smallest absolute Gasteiger partial charge is 0.240 e. The number of unbranched alkanes of at least 4 members (excludes halogenated alkanes) is 1. The molecule has 0 amide bonds. The van der Waals surface area contributed by atoms with E-state index in [-0.39, 0.29) is 0 Å². The Morgan fingerprint density at radius 1 is 1.15 bits per heavy atom. The molecule has 0 saturated heterocycles. The molecule has 1 aromatic rings. The van der Waals surface area contributed by atoms with Crippen molar-refractivity contribution >= 4 is 10.0 Å². The van der Waals surface area contributed by atoms with Gasteiger partial charge in [0.15, 0.2) is 0 Å². The van der Waals surface area contributed by atoms with Crippen LogP contribution in [-0.2, 0) is 16.6 Å². The third-order valence-electron chi connectivity index (χ3n) is 2.95. The molecule has 0 aromatic heterocycles. The fourth-order valence-electron chi connectivity index (χ4n) is 1.94. The predicted octanol–water partition coefficient (Wildman–Crippen LogP) is 1.03. The second-order valence-corrected chi connectivity index (χ2v) is 6.78. The van der Waals surface area contributed by atoms with Gasteiger partial charge in [0.05, 0.1) is 4.90 Å². The van der Waals surface area contributed by atoms with E-state index in [4.69, 9.17) is 0 Å². The molecule has 1 aromatic carbocycles. The second kappa shape index (κ2) is 8.36. The van der Waals surface area contributed by atoms with Crippen molar-refractivity contribution in [2.45, 2.75) is 24.3 Å². The molecule has 5 nitrogen and oxygen atoms in total. The van der Waals surface area contributed by atoms with E-state index in [0.29, 0.717) is 18.0 Å². The van der Waals surface area contributed by atoms with Gasteiger partial charge in [-0.25, -0.2) is 13.1 Å². The van der Waals surface area contributed by atoms with Gasteiger partial charge in [-0.05, 0) is 52.2 Å². The Kier molecular flexibility index (Phi) is 7.15. The average Bonchev–Trinajstić information content (AvgIpc) is 2.38. The van der Waals surface area contributed by atoms with Gasteiger partial charge in [-0.1, -0.05) is 18.2 Å². The standard InChI is InChI=1S/C14H25N3O2S/c1-15-12-13-8-4-5-9-14(13)20(18,19)16-10-6-7-11-17(2)3/h4-5,8-9,15-16H,6-7,10-12H2,1-3H3. The van der Waals surface area contributed by atoms with Gasteiger partial charge in [-0.2, -0.15) is 0 Å². The Hall–Kier alpha value is -0.950. The van der Waals surface area contributed by atoms with Gasteiger partial charge in [0, 0.05) is 13.1 Å². The maximum atomic E-state index is 12.3. The van der Waals surface area contributed by atoms with Crippen molar-refractivity contribution in [3.05, 3.63) is 29.8 Å². The van der Waals surface area contributed by atoms with Gasteiger partial charge in [0.2, 0.25) is 10.0 Å². The molecule has 0 spiro atoms. The molecular formula is C14H25N3O2S. The first-order chi connectivity index (χ1) is 9.47. The monoisotopic (exact) mass is 299 g/mol. The highest BCUT2D eigenvalue weighted by Gasteiger charge is 2.16. The van der Waals surface area contributed by atoms with Crippen LogP contribution in [0, 0.1) is 0 Å². The zero-order valence-corrected chi connectivity index (χ0v) is 13.3. The van der Waals surface area contributed by atoms with E-state index in [0.717, 1.165) is 24.9 Å². The number of rotatable bonds is 9. The quantitative estimate of drug-likeness (QED) is 0.669. The number of hydrogen-bond donors (Lipinski definition) is 2. The molecule has 0 aliphatic carbocycles. The molecule has 0 saturated carbocycles. The largest absolute Gasteiger partial charge is 0.316 e. The van der Waals surface area contributed by atoms with Crippen LogP contribution in [0.3, 0.4) is 0 Å². The molecule has 0 atom stereocenters. The normalized spacial score (nSPS) is 12.0. The van der Waals surface area contributed by atoms with E-state index < -0.39 is 10.0 Å². The van der Waals surface area contributed by atoms with Crippen LogP contribution in [0.5, 0.6) is 0 Å². The highest BCUT2D eigenvalue weighted by atomic mass is 32.2. The molecule has 0 unspecified atom stereocenters. The molecule has 1 rings (SSSR count). The van der Waals surface area contributed by atoms with Crippen molar-refractivity contribution in [2.24, 2.45) is 0 Å². The zero-order chi connectivity index (χ0) is 15.0. The summed E-state index contributed by atoms with van der Waals surface area (Å²) in [6.45, 7) is 1.99. The summed E-state index contributed by atoms with van der Waals surface area (Å²) in [6.07, 6.45) is 1.82. The fourth-order valence-corrected chi connectivity index (χ4v) is 3.25. The van der Waals surface area contributed by atoms with Crippen LogP contribution in [0.1, 0.15) is 18.4 Å². The van der Waals surface area contributed by atoms with E-state index in [2.05, 4.69) is 14.9 Å². The SMILES string of the molecule is CNCc1ccccc1S(=O)(=O)NCCCCN(C)C. The number of sulfonamides is 1. The first-order valence-electron chi connectivity index (χ1n) is 6.84. The highest BCUT2D eigenvalue weighted by molar-refractivity contribution is 7.89. The van der Waals surface area contributed by atoms with Gasteiger partial charge >= 0.3 is 0 Å². The summed E-state index contributed by atoms with van der Waals surface area (Å²) in [4.78, 5) is 2.46. The predicted molar refractivity (Wildman–Crippen MR) is 82.2 cm³/mol. The molecule has 6 heteroatoms. The van der Waals surface area contributed by atoms with Crippen LogP contribution in [0.2, 0.25) is 0 Å². The molecule has 114 valence electrons. The number of nitrogens with one attached hydrogen (secondary N) is 2. The Morgan fingerprint density at radius 3 is 2.50 bits per heavy atom. The van der Waals surface area contributed by atoms with E-state index in [1.54, 1.807) is 19.2 Å². The minimum absolute atomic E-state index is 0.363. The second-order valence-electron chi connectivity index (χ2n) is 5.05. The minimum Gasteiger partial charge on any atom is -0.316 e. The third-order valence-corrected chi connectivity index (χ3v) is 4.52. The third kappa shape index (κ3) is 5.58. The Balaban J connectivity index is 2.60. The van der Waals surface area contributed by atoms with Crippen molar-refractivity contribution in [3.8, 4) is 0 Å². The van der Waals surface area contributed by atoms with Gasteiger partial charge < -0.3 is 10.2 Å². The first kappa shape index (κ1) is 17.1. The summed E-state index contributed by atoms with van der Waals surface area (Å²) in [6, 6.07) is 7.08. The summed E-state index contributed by atoms with van der Waals surface area (Å²) in [5, 5.41) is 2.99. The van der Waals surface area contributed by atoms with E-state index in [1.807, 2.05) is 26.2 Å². The Bertz CT molecular complexity index is 501. The van der Waals surface area contributed by atoms with Crippen LogP contribution >= 0.6 is 0 Å². The molecule has 0 aliphatic rings. The van der Waals surface area contributed by atoms with Gasteiger partial charge in [-0.3, -0.25) is 0 Å². The summed E-state index contributed by atoms with van der Waals surface area (Å²) in [5.74, 6) is 0. The summed E-state index contributed by atoms with van der Waals surface area (Å²) < 4.78 is 27.2. The van der Waals surface area contributed by atoms with E-state index in [1.165, 1.54) is 0 Å². The molecule has 0 heterocycles. The lowest BCUT2D eigenvalue weighted by Crippen LogP contribution is -2.27. The van der Waals surface area contributed by atoms with E-state index in [9.17, 15) is 8.42 Å². The molecule has 2 N–H and O–H groups in total. The Labute approximate surface area is 122 Å². The van der Waals surface area contributed by atoms with Gasteiger partial charge in [0.1, 0.15) is 0 Å². The maximum Gasteiger partial charge on any atom is 0.240 e. The summed E-state index contributed by atoms with van der Waals surface area (Å²) in [7, 11) is 2.41. The van der Waals surface area contributed by atoms with Crippen LogP contribution in [-0.4, -0.2) is 47.6 Å². The average molecular weight is 299 g/mol. The fraction of sp³-hybridized carbons (Fsp3) is 0.571. The number of benzene rings is 1. The van der Waals surface area contributed by atoms with Crippen molar-refractivity contribution < 1.29 is 8.42 Å². The van der Waals surface area contributed by atoms with Crippen molar-refractivity contribution in [1.82, 2.24) is 14.9 Å². The van der Waals surface area contributed by atoms with Crippen molar-refractivity contribution in [3.63, 3.8) is 0 Å². The van der Waals surface area contributed by atoms with Gasteiger partial charge in [-0.15, -0.1) is 0 Å².